The van der Waals surface area contributed by atoms with Gasteiger partial charge >= 0.3 is 0 Å². The summed E-state index contributed by atoms with van der Waals surface area (Å²) in [5.74, 6) is 3.96. The molecule has 0 bridgehead atoms. The van der Waals surface area contributed by atoms with Gasteiger partial charge in [-0.1, -0.05) is 139 Å². The van der Waals surface area contributed by atoms with Gasteiger partial charge in [0.05, 0.1) is 18.2 Å². The Balaban J connectivity index is 0.754. The summed E-state index contributed by atoms with van der Waals surface area (Å²) >= 11 is 0. The maximum absolute atomic E-state index is 6.98. The van der Waals surface area contributed by atoms with E-state index in [0.717, 1.165) is 63.0 Å². The number of nitrogens with zero attached hydrogens (tertiary/aromatic N) is 2. The van der Waals surface area contributed by atoms with E-state index in [4.69, 9.17) is 4.42 Å². The summed E-state index contributed by atoms with van der Waals surface area (Å²) in [6.07, 6.45) is 44.4. The normalized spacial score (nSPS) is 34.4. The molecule has 0 spiro atoms. The molecule has 4 heteroatoms. The standard InChI is InChI=1S/C57H59N3O/c1-3-14-39(15-4-1)48-35-52-55(60(52)57(58-48)41-16-5-2-6-17-41)40-32-28-37(29-33-40)36-26-30-38(31-27-36)42-22-13-25-53-54(42)47-34-51(45-20-7-8-21-46(45)56(47)61-53)59-49-23-11-9-18-43(49)44-19-10-12-24-50(44)59/h1-6,8,11,13-17,21,23,25-26,28,30,32-33,37,42,44,48,50-52,55,57-58H,7,9-10,12,18-20,22,24,27,29,31,34-35H2. The summed E-state index contributed by atoms with van der Waals surface area (Å²) in [6, 6.07) is 24.7. The molecular formula is C57H59N3O. The second-order valence-electron chi connectivity index (χ2n) is 19.7. The van der Waals surface area contributed by atoms with E-state index >= 15 is 0 Å². The van der Waals surface area contributed by atoms with Crippen LogP contribution in [0.3, 0.4) is 0 Å². The molecule has 10 aliphatic rings. The summed E-state index contributed by atoms with van der Waals surface area (Å²) in [6.45, 7) is 0. The Bertz CT molecular complexity index is 2540. The van der Waals surface area contributed by atoms with Gasteiger partial charge < -0.3 is 9.32 Å². The summed E-state index contributed by atoms with van der Waals surface area (Å²) in [5.41, 5.74) is 16.9. The van der Waals surface area contributed by atoms with Gasteiger partial charge in [0.15, 0.2) is 0 Å². The van der Waals surface area contributed by atoms with Crippen LogP contribution in [-0.4, -0.2) is 34.0 Å². The van der Waals surface area contributed by atoms with Gasteiger partial charge in [-0.15, -0.1) is 0 Å². The molecule has 0 radical (unpaired) electrons. The zero-order valence-corrected chi connectivity index (χ0v) is 35.5. The number of rotatable bonds is 6. The van der Waals surface area contributed by atoms with Crippen LogP contribution in [0, 0.1) is 11.8 Å². The Hall–Kier alpha value is -4.90. The second-order valence-corrected chi connectivity index (χ2v) is 19.7. The van der Waals surface area contributed by atoms with Gasteiger partial charge in [-0.05, 0) is 111 Å². The lowest BCUT2D eigenvalue weighted by Gasteiger charge is -2.44. The fraction of sp³-hybridized carbons (Fsp3) is 0.404. The molecule has 3 aliphatic heterocycles. The van der Waals surface area contributed by atoms with Crippen LogP contribution >= 0.6 is 0 Å². The van der Waals surface area contributed by atoms with Crippen LogP contribution in [0.4, 0.5) is 0 Å². The van der Waals surface area contributed by atoms with Gasteiger partial charge in [-0.3, -0.25) is 10.2 Å². The molecule has 0 amide bonds. The zero-order valence-electron chi connectivity index (χ0n) is 35.5. The molecule has 4 nitrogen and oxygen atoms in total. The first kappa shape index (κ1) is 36.7. The Morgan fingerprint density at radius 3 is 2.31 bits per heavy atom. The third-order valence-electron chi connectivity index (χ3n) is 16.7. The predicted molar refractivity (Wildman–Crippen MR) is 247 cm³/mol. The summed E-state index contributed by atoms with van der Waals surface area (Å²) < 4.78 is 6.98. The smallest absolute Gasteiger partial charge is 0.138 e. The van der Waals surface area contributed by atoms with E-state index in [1.54, 1.807) is 28.0 Å². The van der Waals surface area contributed by atoms with Gasteiger partial charge in [-0.2, -0.15) is 0 Å². The lowest BCUT2D eigenvalue weighted by molar-refractivity contribution is 0.156. The average molecular weight is 802 g/mol. The van der Waals surface area contributed by atoms with Crippen LogP contribution in [-0.2, 0) is 6.42 Å². The first-order valence-electron chi connectivity index (χ1n) is 24.1. The number of benzene rings is 2. The van der Waals surface area contributed by atoms with Crippen LogP contribution in [0.1, 0.15) is 135 Å². The Labute approximate surface area is 362 Å². The maximum atomic E-state index is 6.98. The van der Waals surface area contributed by atoms with E-state index in [2.05, 4.69) is 143 Å². The fourth-order valence-electron chi connectivity index (χ4n) is 13.8. The summed E-state index contributed by atoms with van der Waals surface area (Å²) in [5, 5.41) is 4.04. The van der Waals surface area contributed by atoms with Crippen molar-refractivity contribution in [3.8, 4) is 0 Å². The Morgan fingerprint density at radius 2 is 1.49 bits per heavy atom. The van der Waals surface area contributed by atoms with Gasteiger partial charge in [-0.25, -0.2) is 0 Å². The largest absolute Gasteiger partial charge is 0.456 e. The lowest BCUT2D eigenvalue weighted by Crippen LogP contribution is -2.46. The van der Waals surface area contributed by atoms with Crippen molar-refractivity contribution in [2.75, 3.05) is 0 Å². The monoisotopic (exact) mass is 801 g/mol. The highest BCUT2D eigenvalue weighted by Crippen LogP contribution is 2.55. The van der Waals surface area contributed by atoms with Crippen LogP contribution < -0.4 is 5.32 Å². The Morgan fingerprint density at radius 1 is 0.705 bits per heavy atom. The molecule has 13 rings (SSSR count). The lowest BCUT2D eigenvalue weighted by atomic mass is 9.73. The molecule has 10 unspecified atom stereocenters. The van der Waals surface area contributed by atoms with Crippen molar-refractivity contribution in [3.05, 3.63) is 189 Å². The molecule has 2 aromatic carbocycles. The molecule has 3 aromatic rings. The van der Waals surface area contributed by atoms with E-state index < -0.39 is 0 Å². The van der Waals surface area contributed by atoms with Crippen molar-refractivity contribution in [1.82, 2.24) is 15.1 Å². The van der Waals surface area contributed by atoms with Crippen molar-refractivity contribution in [1.29, 1.82) is 0 Å². The number of hydrogen-bond acceptors (Lipinski definition) is 4. The molecule has 7 aliphatic carbocycles. The average Bonchev–Trinajstić information content (AvgIpc) is 3.80. The van der Waals surface area contributed by atoms with Gasteiger partial charge in [0.1, 0.15) is 11.5 Å². The summed E-state index contributed by atoms with van der Waals surface area (Å²) in [4.78, 5) is 5.70. The highest BCUT2D eigenvalue weighted by molar-refractivity contribution is 5.82. The van der Waals surface area contributed by atoms with Crippen molar-refractivity contribution in [2.45, 2.75) is 132 Å². The topological polar surface area (TPSA) is 31.4 Å². The number of furan rings is 1. The predicted octanol–water partition coefficient (Wildman–Crippen LogP) is 12.9. The van der Waals surface area contributed by atoms with Crippen molar-refractivity contribution < 1.29 is 4.42 Å². The number of hydrogen-bond donors (Lipinski definition) is 1. The minimum Gasteiger partial charge on any atom is -0.456 e. The number of fused-ring (bicyclic) bond motifs is 7. The minimum absolute atomic E-state index is 0.232. The molecule has 2 saturated heterocycles. The van der Waals surface area contributed by atoms with Gasteiger partial charge in [0, 0.05) is 64.7 Å². The third kappa shape index (κ3) is 6.06. The maximum Gasteiger partial charge on any atom is 0.138 e. The van der Waals surface area contributed by atoms with Crippen molar-refractivity contribution in [3.63, 3.8) is 0 Å². The van der Waals surface area contributed by atoms with Crippen LogP contribution in [0.5, 0.6) is 0 Å². The first-order chi connectivity index (χ1) is 30.3. The van der Waals surface area contributed by atoms with Gasteiger partial charge in [0.25, 0.3) is 0 Å². The van der Waals surface area contributed by atoms with Gasteiger partial charge in [0.2, 0.25) is 0 Å². The quantitative estimate of drug-likeness (QED) is 0.252. The first-order valence-corrected chi connectivity index (χ1v) is 24.1. The van der Waals surface area contributed by atoms with Crippen molar-refractivity contribution >= 4 is 11.6 Å². The van der Waals surface area contributed by atoms with Crippen LogP contribution in [0.15, 0.2) is 159 Å². The molecule has 3 fully saturated rings. The van der Waals surface area contributed by atoms with E-state index in [9.17, 15) is 0 Å². The number of allylic oxidation sites excluding steroid dienone is 12. The number of nitrogens with one attached hydrogen (secondary N) is 1. The highest BCUT2D eigenvalue weighted by Gasteiger charge is 2.57. The van der Waals surface area contributed by atoms with Crippen molar-refractivity contribution in [2.24, 2.45) is 11.8 Å². The van der Waals surface area contributed by atoms with E-state index in [0.29, 0.717) is 42.0 Å². The third-order valence-corrected chi connectivity index (χ3v) is 16.7. The second kappa shape index (κ2) is 14.9. The highest BCUT2D eigenvalue weighted by atomic mass is 16.3. The van der Waals surface area contributed by atoms with E-state index in [1.807, 2.05) is 0 Å². The molecular weight excluding hydrogens is 743 g/mol. The summed E-state index contributed by atoms with van der Waals surface area (Å²) in [7, 11) is 0. The molecule has 308 valence electrons. The SMILES string of the molecule is C1=CC2=C(CC1)C1CCCCC1N2C1Cc2c(oc3c2C(C2=CC=C(C4C=CC(C5C6CC(c7ccccc7)NC(c7ccccc7)N65)=CC4)CC2)CC=C3)C2=C1CCC=C2. The molecule has 1 aromatic heterocycles. The Kier molecular flexibility index (Phi) is 8.96. The zero-order chi connectivity index (χ0) is 40.0. The molecule has 4 heterocycles. The molecule has 1 N–H and O–H groups in total. The molecule has 61 heavy (non-hydrogen) atoms. The molecule has 1 saturated carbocycles. The molecule has 10 atom stereocenters. The van der Waals surface area contributed by atoms with Crippen LogP contribution in [0.25, 0.3) is 11.6 Å². The van der Waals surface area contributed by atoms with E-state index in [1.165, 1.54) is 77.7 Å². The fourth-order valence-corrected chi connectivity index (χ4v) is 13.8. The van der Waals surface area contributed by atoms with E-state index in [-0.39, 0.29) is 6.17 Å². The minimum atomic E-state index is 0.232. The van der Waals surface area contributed by atoms with Crippen LogP contribution in [0.2, 0.25) is 0 Å².